The summed E-state index contributed by atoms with van der Waals surface area (Å²) in [7, 11) is 2.02. The standard InChI is InChI=1S/C23H26ClFN4O2/c1-16(28-10-9-26-23(28)30)14-27(2)11-12-31-22-15-29(19-6-4-18(25)5-7-19)21-8-3-17(24)13-20(21)22/h3-8,13,15-16H,9-12,14H2,1-2H3,(H,26,30)/t16-/m0/s1. The van der Waals surface area contributed by atoms with Gasteiger partial charge in [-0.05, 0) is 56.4 Å². The average molecular weight is 445 g/mol. The van der Waals surface area contributed by atoms with Crippen LogP contribution in [0.15, 0.2) is 48.7 Å². The largest absolute Gasteiger partial charge is 0.490 e. The maximum absolute atomic E-state index is 13.3. The second-order valence-electron chi connectivity index (χ2n) is 7.89. The molecule has 1 aliphatic heterocycles. The molecule has 0 bridgehead atoms. The van der Waals surface area contributed by atoms with Crippen LogP contribution in [0.5, 0.6) is 5.75 Å². The lowest BCUT2D eigenvalue weighted by Crippen LogP contribution is -2.43. The molecule has 2 heterocycles. The number of hydrogen-bond donors (Lipinski definition) is 1. The second kappa shape index (κ2) is 9.16. The molecule has 6 nitrogen and oxygen atoms in total. The maximum atomic E-state index is 13.3. The van der Waals surface area contributed by atoms with Crippen LogP contribution < -0.4 is 10.1 Å². The van der Waals surface area contributed by atoms with E-state index in [2.05, 4.69) is 17.1 Å². The number of amides is 2. The van der Waals surface area contributed by atoms with E-state index in [9.17, 15) is 9.18 Å². The molecule has 1 atom stereocenters. The summed E-state index contributed by atoms with van der Waals surface area (Å²) in [4.78, 5) is 15.8. The van der Waals surface area contributed by atoms with Crippen LogP contribution in [0, 0.1) is 5.82 Å². The fourth-order valence-corrected chi connectivity index (χ4v) is 4.13. The van der Waals surface area contributed by atoms with Crippen molar-refractivity contribution in [1.82, 2.24) is 19.7 Å². The van der Waals surface area contributed by atoms with Crippen molar-refractivity contribution in [2.24, 2.45) is 0 Å². The molecule has 8 heteroatoms. The van der Waals surface area contributed by atoms with Crippen molar-refractivity contribution < 1.29 is 13.9 Å². The number of ether oxygens (including phenoxy) is 1. The van der Waals surface area contributed by atoms with Crippen LogP contribution in [-0.4, -0.2) is 66.3 Å². The van der Waals surface area contributed by atoms with Crippen LogP contribution in [0.4, 0.5) is 9.18 Å². The Morgan fingerprint density at radius 3 is 2.74 bits per heavy atom. The van der Waals surface area contributed by atoms with Gasteiger partial charge in [0.2, 0.25) is 0 Å². The van der Waals surface area contributed by atoms with Gasteiger partial charge in [-0.2, -0.15) is 0 Å². The van der Waals surface area contributed by atoms with Gasteiger partial charge in [0.25, 0.3) is 0 Å². The SMILES string of the molecule is C[C@@H](CN(C)CCOc1cn(-c2ccc(F)cc2)c2ccc(Cl)cc12)N1CCNC1=O. The Hall–Kier alpha value is -2.77. The third-order valence-electron chi connectivity index (χ3n) is 5.56. The normalized spacial score (nSPS) is 15.0. The van der Waals surface area contributed by atoms with E-state index in [-0.39, 0.29) is 17.9 Å². The highest BCUT2D eigenvalue weighted by atomic mass is 35.5. The number of halogens is 2. The van der Waals surface area contributed by atoms with Gasteiger partial charge >= 0.3 is 6.03 Å². The smallest absolute Gasteiger partial charge is 0.317 e. The number of carbonyl (C=O) groups excluding carboxylic acids is 1. The number of aromatic nitrogens is 1. The first kappa shape index (κ1) is 21.5. The third kappa shape index (κ3) is 4.78. The van der Waals surface area contributed by atoms with E-state index in [1.165, 1.54) is 12.1 Å². The Morgan fingerprint density at radius 1 is 1.26 bits per heavy atom. The topological polar surface area (TPSA) is 49.7 Å². The van der Waals surface area contributed by atoms with E-state index < -0.39 is 0 Å². The molecule has 0 spiro atoms. The van der Waals surface area contributed by atoms with Gasteiger partial charge in [0.15, 0.2) is 0 Å². The van der Waals surface area contributed by atoms with Crippen molar-refractivity contribution in [2.45, 2.75) is 13.0 Å². The van der Waals surface area contributed by atoms with Gasteiger partial charge in [-0.25, -0.2) is 9.18 Å². The van der Waals surface area contributed by atoms with E-state index in [1.54, 1.807) is 12.1 Å². The average Bonchev–Trinajstić information content (AvgIpc) is 3.32. The molecule has 1 aliphatic rings. The number of nitrogens with one attached hydrogen (secondary N) is 1. The quantitative estimate of drug-likeness (QED) is 0.568. The number of urea groups is 1. The van der Waals surface area contributed by atoms with Crippen LogP contribution in [0.25, 0.3) is 16.6 Å². The van der Waals surface area contributed by atoms with Gasteiger partial charge < -0.3 is 24.4 Å². The molecule has 1 saturated heterocycles. The Bertz CT molecular complexity index is 1070. The van der Waals surface area contributed by atoms with E-state index in [0.29, 0.717) is 24.7 Å². The number of rotatable bonds is 8. The minimum absolute atomic E-state index is 0.00244. The van der Waals surface area contributed by atoms with E-state index in [1.807, 2.05) is 40.9 Å². The Labute approximate surface area is 186 Å². The van der Waals surface area contributed by atoms with Crippen molar-refractivity contribution in [1.29, 1.82) is 0 Å². The number of benzene rings is 2. The zero-order valence-electron chi connectivity index (χ0n) is 17.6. The molecule has 4 rings (SSSR count). The first-order valence-corrected chi connectivity index (χ1v) is 10.7. The molecule has 31 heavy (non-hydrogen) atoms. The van der Waals surface area contributed by atoms with Crippen molar-refractivity contribution in [3.63, 3.8) is 0 Å². The van der Waals surface area contributed by atoms with Gasteiger partial charge in [0.05, 0.1) is 11.7 Å². The molecular formula is C23H26ClFN4O2. The Kier molecular flexibility index (Phi) is 6.34. The highest BCUT2D eigenvalue weighted by Gasteiger charge is 2.25. The summed E-state index contributed by atoms with van der Waals surface area (Å²) in [5, 5.41) is 4.37. The van der Waals surface area contributed by atoms with Crippen LogP contribution in [0.2, 0.25) is 5.02 Å². The maximum Gasteiger partial charge on any atom is 0.317 e. The summed E-state index contributed by atoms with van der Waals surface area (Å²) >= 11 is 6.22. The summed E-state index contributed by atoms with van der Waals surface area (Å²) in [6.45, 7) is 5.47. The molecule has 0 saturated carbocycles. The minimum Gasteiger partial charge on any atom is -0.490 e. The zero-order chi connectivity index (χ0) is 22.0. The highest BCUT2D eigenvalue weighted by Crippen LogP contribution is 2.32. The molecular weight excluding hydrogens is 419 g/mol. The Morgan fingerprint density at radius 2 is 2.03 bits per heavy atom. The van der Waals surface area contributed by atoms with Crippen LogP contribution in [0.3, 0.4) is 0 Å². The summed E-state index contributed by atoms with van der Waals surface area (Å²) in [6, 6.07) is 12.1. The summed E-state index contributed by atoms with van der Waals surface area (Å²) in [5.74, 6) is 0.450. The zero-order valence-corrected chi connectivity index (χ0v) is 18.4. The van der Waals surface area contributed by atoms with E-state index in [0.717, 1.165) is 35.4 Å². The molecule has 0 aliphatic carbocycles. The number of fused-ring (bicyclic) bond motifs is 1. The van der Waals surface area contributed by atoms with Crippen molar-refractivity contribution >= 4 is 28.5 Å². The fraction of sp³-hybridized carbons (Fsp3) is 0.348. The van der Waals surface area contributed by atoms with E-state index in [4.69, 9.17) is 16.3 Å². The van der Waals surface area contributed by atoms with Gasteiger partial charge in [-0.15, -0.1) is 0 Å². The molecule has 0 unspecified atom stereocenters. The fourth-order valence-electron chi connectivity index (χ4n) is 3.96. The first-order valence-electron chi connectivity index (χ1n) is 10.3. The van der Waals surface area contributed by atoms with Crippen molar-refractivity contribution in [3.8, 4) is 11.4 Å². The molecule has 2 aromatic carbocycles. The summed E-state index contributed by atoms with van der Waals surface area (Å²) in [5.41, 5.74) is 1.78. The molecule has 1 N–H and O–H groups in total. The summed E-state index contributed by atoms with van der Waals surface area (Å²) in [6.07, 6.45) is 1.91. The number of nitrogens with zero attached hydrogens (tertiary/aromatic N) is 3. The van der Waals surface area contributed by atoms with Crippen molar-refractivity contribution in [3.05, 3.63) is 59.5 Å². The molecule has 164 valence electrons. The number of hydrogen-bond acceptors (Lipinski definition) is 3. The Balaban J connectivity index is 1.44. The van der Waals surface area contributed by atoms with Gasteiger partial charge in [-0.1, -0.05) is 11.6 Å². The number of likely N-dealkylation sites (N-methyl/N-ethyl adjacent to an activating group) is 1. The predicted octanol–water partition coefficient (Wildman–Crippen LogP) is 4.15. The van der Waals surface area contributed by atoms with Crippen LogP contribution in [-0.2, 0) is 0 Å². The third-order valence-corrected chi connectivity index (χ3v) is 5.80. The van der Waals surface area contributed by atoms with Gasteiger partial charge in [-0.3, -0.25) is 0 Å². The second-order valence-corrected chi connectivity index (χ2v) is 8.32. The highest BCUT2D eigenvalue weighted by molar-refractivity contribution is 6.31. The number of carbonyl (C=O) groups is 1. The van der Waals surface area contributed by atoms with Gasteiger partial charge in [0, 0.05) is 48.3 Å². The van der Waals surface area contributed by atoms with E-state index >= 15 is 0 Å². The predicted molar refractivity (Wildman–Crippen MR) is 121 cm³/mol. The van der Waals surface area contributed by atoms with Crippen LogP contribution in [0.1, 0.15) is 6.92 Å². The first-order chi connectivity index (χ1) is 14.9. The van der Waals surface area contributed by atoms with Gasteiger partial charge in [0.1, 0.15) is 18.2 Å². The van der Waals surface area contributed by atoms with Crippen molar-refractivity contribution in [2.75, 3.05) is 39.8 Å². The minimum atomic E-state index is -0.275. The monoisotopic (exact) mass is 444 g/mol. The van der Waals surface area contributed by atoms with Crippen LogP contribution >= 0.6 is 11.6 Å². The molecule has 1 aromatic heterocycles. The molecule has 3 aromatic rings. The molecule has 1 fully saturated rings. The molecule has 2 amide bonds. The lowest BCUT2D eigenvalue weighted by atomic mass is 10.2. The summed E-state index contributed by atoms with van der Waals surface area (Å²) < 4.78 is 21.4. The lowest BCUT2D eigenvalue weighted by Gasteiger charge is -2.27. The molecule has 0 radical (unpaired) electrons. The lowest BCUT2D eigenvalue weighted by molar-refractivity contribution is 0.170.